The summed E-state index contributed by atoms with van der Waals surface area (Å²) in [5.74, 6) is -2.31. The largest absolute Gasteiger partial charge is 0.545 e. The molecule has 0 saturated carbocycles. The highest BCUT2D eigenvalue weighted by Crippen LogP contribution is 2.35. The number of imide groups is 1. The van der Waals surface area contributed by atoms with Gasteiger partial charge in [-0.3, -0.25) is 14.5 Å². The SMILES string of the molecule is C[C@H](c1ccccc1)[C@H]1CC(=O)N(c2ccc(C(=O)[O-])cc2)C1=O. The first-order chi connectivity index (χ1) is 11.5. The van der Waals surface area contributed by atoms with Gasteiger partial charge in [0.2, 0.25) is 11.8 Å². The van der Waals surface area contributed by atoms with Crippen LogP contribution in [0.15, 0.2) is 54.6 Å². The molecule has 1 aliphatic heterocycles. The molecule has 3 rings (SSSR count). The van der Waals surface area contributed by atoms with E-state index in [4.69, 9.17) is 0 Å². The molecule has 2 aromatic rings. The molecule has 2 amide bonds. The Morgan fingerprint density at radius 2 is 1.71 bits per heavy atom. The van der Waals surface area contributed by atoms with Crippen molar-refractivity contribution in [3.05, 3.63) is 65.7 Å². The first-order valence-corrected chi connectivity index (χ1v) is 7.72. The predicted octanol–water partition coefficient (Wildman–Crippen LogP) is 1.73. The Balaban J connectivity index is 1.85. The summed E-state index contributed by atoms with van der Waals surface area (Å²) in [5.41, 5.74) is 1.41. The van der Waals surface area contributed by atoms with Crippen LogP contribution in [0.3, 0.4) is 0 Å². The van der Waals surface area contributed by atoms with Crippen molar-refractivity contribution < 1.29 is 19.5 Å². The van der Waals surface area contributed by atoms with Crippen LogP contribution >= 0.6 is 0 Å². The lowest BCUT2D eigenvalue weighted by molar-refractivity contribution is -0.255. The second kappa shape index (κ2) is 6.28. The minimum absolute atomic E-state index is 0.00653. The van der Waals surface area contributed by atoms with Crippen LogP contribution < -0.4 is 10.0 Å². The van der Waals surface area contributed by atoms with Crippen LogP contribution in [0.2, 0.25) is 0 Å². The third-order valence-electron chi connectivity index (χ3n) is 4.47. The van der Waals surface area contributed by atoms with Crippen molar-refractivity contribution in [2.45, 2.75) is 19.3 Å². The molecule has 0 bridgehead atoms. The Labute approximate surface area is 139 Å². The van der Waals surface area contributed by atoms with Gasteiger partial charge in [0.05, 0.1) is 17.6 Å². The smallest absolute Gasteiger partial charge is 0.237 e. The molecular weight excluding hydrogens is 306 g/mol. The third kappa shape index (κ3) is 2.80. The van der Waals surface area contributed by atoms with Crippen LogP contribution in [-0.2, 0) is 9.59 Å². The molecule has 0 aliphatic carbocycles. The monoisotopic (exact) mass is 322 g/mol. The Morgan fingerprint density at radius 3 is 2.29 bits per heavy atom. The van der Waals surface area contributed by atoms with Gasteiger partial charge < -0.3 is 9.90 Å². The highest BCUT2D eigenvalue weighted by molar-refractivity contribution is 6.21. The van der Waals surface area contributed by atoms with E-state index in [-0.39, 0.29) is 29.7 Å². The molecule has 1 aliphatic rings. The Hall–Kier alpha value is -2.95. The number of carbonyl (C=O) groups excluding carboxylic acids is 3. The Kier molecular flexibility index (Phi) is 4.16. The minimum atomic E-state index is -1.30. The molecule has 5 nitrogen and oxygen atoms in total. The van der Waals surface area contributed by atoms with E-state index in [0.717, 1.165) is 10.5 Å². The molecule has 24 heavy (non-hydrogen) atoms. The number of carbonyl (C=O) groups is 3. The quantitative estimate of drug-likeness (QED) is 0.803. The van der Waals surface area contributed by atoms with Crippen LogP contribution in [0.25, 0.3) is 0 Å². The van der Waals surface area contributed by atoms with E-state index in [1.165, 1.54) is 24.3 Å². The zero-order valence-corrected chi connectivity index (χ0v) is 13.1. The number of hydrogen-bond donors (Lipinski definition) is 0. The fraction of sp³-hybridized carbons (Fsp3) is 0.211. The van der Waals surface area contributed by atoms with Crippen molar-refractivity contribution in [3.63, 3.8) is 0 Å². The van der Waals surface area contributed by atoms with E-state index < -0.39 is 11.9 Å². The number of anilines is 1. The molecule has 0 N–H and O–H groups in total. The van der Waals surface area contributed by atoms with E-state index in [9.17, 15) is 19.5 Å². The molecule has 1 fully saturated rings. The second-order valence-electron chi connectivity index (χ2n) is 5.91. The van der Waals surface area contributed by atoms with Gasteiger partial charge in [-0.15, -0.1) is 0 Å². The summed E-state index contributed by atoms with van der Waals surface area (Å²) in [6.07, 6.45) is 0.150. The maximum absolute atomic E-state index is 12.7. The van der Waals surface area contributed by atoms with Crippen LogP contribution in [0, 0.1) is 5.92 Å². The topological polar surface area (TPSA) is 77.5 Å². The molecule has 5 heteroatoms. The average Bonchev–Trinajstić information content (AvgIpc) is 2.89. The first kappa shape index (κ1) is 15.9. The molecule has 0 unspecified atom stereocenters. The first-order valence-electron chi connectivity index (χ1n) is 7.72. The summed E-state index contributed by atoms with van der Waals surface area (Å²) < 4.78 is 0. The van der Waals surface area contributed by atoms with Gasteiger partial charge in [0.1, 0.15) is 0 Å². The molecule has 1 saturated heterocycles. The summed E-state index contributed by atoms with van der Waals surface area (Å²) in [5, 5.41) is 10.8. The number of aromatic carboxylic acids is 1. The van der Waals surface area contributed by atoms with Gasteiger partial charge in [0.15, 0.2) is 0 Å². The molecule has 0 aromatic heterocycles. The van der Waals surface area contributed by atoms with Crippen LogP contribution in [0.1, 0.15) is 35.2 Å². The number of amides is 2. The summed E-state index contributed by atoms with van der Waals surface area (Å²) in [6, 6.07) is 15.2. The third-order valence-corrected chi connectivity index (χ3v) is 4.47. The number of nitrogens with zero attached hydrogens (tertiary/aromatic N) is 1. The van der Waals surface area contributed by atoms with E-state index in [2.05, 4.69) is 0 Å². The van der Waals surface area contributed by atoms with Crippen LogP contribution in [0.4, 0.5) is 5.69 Å². The van der Waals surface area contributed by atoms with Gasteiger partial charge in [-0.25, -0.2) is 0 Å². The van der Waals surface area contributed by atoms with Crippen molar-refractivity contribution in [2.75, 3.05) is 4.90 Å². The minimum Gasteiger partial charge on any atom is -0.545 e. The van der Waals surface area contributed by atoms with Crippen molar-refractivity contribution in [2.24, 2.45) is 5.92 Å². The van der Waals surface area contributed by atoms with Gasteiger partial charge in [-0.1, -0.05) is 49.4 Å². The van der Waals surface area contributed by atoms with Gasteiger partial charge in [0, 0.05) is 6.42 Å². The van der Waals surface area contributed by atoms with Crippen LogP contribution in [0.5, 0.6) is 0 Å². The zero-order valence-electron chi connectivity index (χ0n) is 13.1. The lowest BCUT2D eigenvalue weighted by Gasteiger charge is -2.19. The standard InChI is InChI=1S/C19H17NO4/c1-12(13-5-3-2-4-6-13)16-11-17(21)20(18(16)22)15-9-7-14(8-10-15)19(23)24/h2-10,12,16H,11H2,1H3,(H,23,24)/p-1/t12-,16-/m1/s1. The second-order valence-corrected chi connectivity index (χ2v) is 5.91. The summed E-state index contributed by atoms with van der Waals surface area (Å²) in [4.78, 5) is 37.0. The Morgan fingerprint density at radius 1 is 1.08 bits per heavy atom. The lowest BCUT2D eigenvalue weighted by Crippen LogP contribution is -2.31. The average molecular weight is 322 g/mol. The maximum atomic E-state index is 12.7. The molecule has 1 heterocycles. The van der Waals surface area contributed by atoms with Gasteiger partial charge in [0.25, 0.3) is 0 Å². The Bertz CT molecular complexity index is 783. The fourth-order valence-electron chi connectivity index (χ4n) is 3.05. The lowest BCUT2D eigenvalue weighted by atomic mass is 9.86. The molecule has 0 spiro atoms. The van der Waals surface area contributed by atoms with Crippen molar-refractivity contribution in [3.8, 4) is 0 Å². The van der Waals surface area contributed by atoms with Crippen LogP contribution in [-0.4, -0.2) is 17.8 Å². The van der Waals surface area contributed by atoms with Crippen molar-refractivity contribution in [1.82, 2.24) is 0 Å². The number of benzene rings is 2. The summed E-state index contributed by atoms with van der Waals surface area (Å²) in [6.45, 7) is 1.94. The normalized spacial score (nSPS) is 18.7. The van der Waals surface area contributed by atoms with E-state index in [0.29, 0.717) is 5.69 Å². The molecule has 0 radical (unpaired) electrons. The zero-order chi connectivity index (χ0) is 17.3. The van der Waals surface area contributed by atoms with Gasteiger partial charge in [-0.05, 0) is 29.2 Å². The highest BCUT2D eigenvalue weighted by Gasteiger charge is 2.42. The predicted molar refractivity (Wildman–Crippen MR) is 86.2 cm³/mol. The molecule has 2 aromatic carbocycles. The number of hydrogen-bond acceptors (Lipinski definition) is 4. The number of carboxylic acids is 1. The number of carboxylic acid groups (broad SMARTS) is 1. The maximum Gasteiger partial charge on any atom is 0.237 e. The van der Waals surface area contributed by atoms with E-state index >= 15 is 0 Å². The van der Waals surface area contributed by atoms with Crippen molar-refractivity contribution in [1.29, 1.82) is 0 Å². The van der Waals surface area contributed by atoms with Crippen molar-refractivity contribution >= 4 is 23.5 Å². The van der Waals surface area contributed by atoms with Gasteiger partial charge >= 0.3 is 0 Å². The van der Waals surface area contributed by atoms with E-state index in [1.54, 1.807) is 0 Å². The van der Waals surface area contributed by atoms with Gasteiger partial charge in [-0.2, -0.15) is 0 Å². The fourth-order valence-corrected chi connectivity index (χ4v) is 3.05. The van der Waals surface area contributed by atoms with E-state index in [1.807, 2.05) is 37.3 Å². The summed E-state index contributed by atoms with van der Waals surface area (Å²) >= 11 is 0. The highest BCUT2D eigenvalue weighted by atomic mass is 16.4. The molecule has 122 valence electrons. The number of rotatable bonds is 4. The summed E-state index contributed by atoms with van der Waals surface area (Å²) in [7, 11) is 0. The molecule has 2 atom stereocenters. The molecular formula is C19H16NO4-.